The highest BCUT2D eigenvalue weighted by molar-refractivity contribution is 5.16. The van der Waals surface area contributed by atoms with Gasteiger partial charge in [0, 0.05) is 5.57 Å². The van der Waals surface area contributed by atoms with Crippen LogP contribution in [0.15, 0.2) is 24.1 Å². The number of hydrogen-bond acceptors (Lipinski definition) is 0. The van der Waals surface area contributed by atoms with Crippen LogP contribution in [0.5, 0.6) is 0 Å². The Bertz CT molecular complexity index is 163. The first-order valence-corrected chi connectivity index (χ1v) is 2.44. The standard InChI is InChI=1S/C6H6F4/c1-4(3-5(2)7)6(8,9)10/h3H,2H2,1H3. The molecule has 0 amide bonds. The summed E-state index contributed by atoms with van der Waals surface area (Å²) in [7, 11) is 0. The minimum atomic E-state index is -4.45. The summed E-state index contributed by atoms with van der Waals surface area (Å²) in [4.78, 5) is 0. The first-order chi connectivity index (χ1) is 4.34. The van der Waals surface area contributed by atoms with Gasteiger partial charge >= 0.3 is 6.18 Å². The van der Waals surface area contributed by atoms with Gasteiger partial charge in [0.15, 0.2) is 0 Å². The molecule has 0 spiro atoms. The van der Waals surface area contributed by atoms with Gasteiger partial charge in [-0.1, -0.05) is 6.58 Å². The fourth-order valence-electron chi connectivity index (χ4n) is 0.317. The average molecular weight is 154 g/mol. The Kier molecular flexibility index (Phi) is 2.63. The quantitative estimate of drug-likeness (QED) is 0.402. The van der Waals surface area contributed by atoms with Crippen LogP contribution in [-0.2, 0) is 0 Å². The second-order valence-electron chi connectivity index (χ2n) is 1.77. The predicted octanol–water partition coefficient (Wildman–Crippen LogP) is 2.98. The Hall–Kier alpha value is -0.800. The maximum atomic E-state index is 11.7. The van der Waals surface area contributed by atoms with Crippen LogP contribution in [-0.4, -0.2) is 6.18 Å². The van der Waals surface area contributed by atoms with Gasteiger partial charge in [0.05, 0.1) is 0 Å². The average Bonchev–Trinajstić information content (AvgIpc) is 1.60. The van der Waals surface area contributed by atoms with E-state index in [9.17, 15) is 17.6 Å². The molecule has 0 aromatic rings. The van der Waals surface area contributed by atoms with Gasteiger partial charge in [0.2, 0.25) is 0 Å². The van der Waals surface area contributed by atoms with Crippen LogP contribution in [0.25, 0.3) is 0 Å². The Balaban J connectivity index is 4.35. The molecule has 0 aromatic heterocycles. The third-order valence-corrected chi connectivity index (χ3v) is 0.820. The van der Waals surface area contributed by atoms with Crippen LogP contribution < -0.4 is 0 Å². The Morgan fingerprint density at radius 2 is 1.80 bits per heavy atom. The molecular weight excluding hydrogens is 148 g/mol. The van der Waals surface area contributed by atoms with E-state index in [1.165, 1.54) is 0 Å². The third-order valence-electron chi connectivity index (χ3n) is 0.820. The molecule has 0 aliphatic rings. The van der Waals surface area contributed by atoms with Crippen molar-refractivity contribution < 1.29 is 17.6 Å². The lowest BCUT2D eigenvalue weighted by molar-refractivity contribution is -0.0914. The van der Waals surface area contributed by atoms with Crippen molar-refractivity contribution in [3.8, 4) is 0 Å². The molecule has 0 rings (SSSR count). The molecule has 0 radical (unpaired) electrons. The van der Waals surface area contributed by atoms with Crippen molar-refractivity contribution in [3.05, 3.63) is 24.1 Å². The Labute approximate surface area is 55.8 Å². The molecule has 58 valence electrons. The number of allylic oxidation sites excluding steroid dienone is 3. The molecule has 0 saturated carbocycles. The Morgan fingerprint density at radius 3 is 1.90 bits per heavy atom. The van der Waals surface area contributed by atoms with E-state index in [0.29, 0.717) is 6.08 Å². The molecule has 0 aromatic carbocycles. The van der Waals surface area contributed by atoms with E-state index in [1.807, 2.05) is 0 Å². The topological polar surface area (TPSA) is 0 Å². The van der Waals surface area contributed by atoms with Crippen molar-refractivity contribution in [1.29, 1.82) is 0 Å². The molecule has 0 saturated heterocycles. The third kappa shape index (κ3) is 3.27. The van der Waals surface area contributed by atoms with Crippen LogP contribution in [0.1, 0.15) is 6.92 Å². The van der Waals surface area contributed by atoms with Gasteiger partial charge in [-0.05, 0) is 13.0 Å². The van der Waals surface area contributed by atoms with Crippen LogP contribution in [0, 0.1) is 0 Å². The van der Waals surface area contributed by atoms with E-state index >= 15 is 0 Å². The van der Waals surface area contributed by atoms with E-state index in [2.05, 4.69) is 6.58 Å². The molecule has 0 fully saturated rings. The largest absolute Gasteiger partial charge is 0.412 e. The summed E-state index contributed by atoms with van der Waals surface area (Å²) >= 11 is 0. The highest BCUT2D eigenvalue weighted by Crippen LogP contribution is 2.25. The van der Waals surface area contributed by atoms with Crippen molar-refractivity contribution in [3.63, 3.8) is 0 Å². The predicted molar refractivity (Wildman–Crippen MR) is 30.1 cm³/mol. The molecule has 0 nitrogen and oxygen atoms in total. The molecule has 0 atom stereocenters. The molecule has 0 heterocycles. The molecule has 0 unspecified atom stereocenters. The molecule has 0 N–H and O–H groups in total. The summed E-state index contributed by atoms with van der Waals surface area (Å²) in [5.41, 5.74) is -0.986. The maximum absolute atomic E-state index is 11.7. The van der Waals surface area contributed by atoms with Crippen LogP contribution in [0.2, 0.25) is 0 Å². The van der Waals surface area contributed by atoms with Gasteiger partial charge in [-0.3, -0.25) is 0 Å². The van der Waals surface area contributed by atoms with Crippen molar-refractivity contribution in [1.82, 2.24) is 0 Å². The fraction of sp³-hybridized carbons (Fsp3) is 0.333. The summed E-state index contributed by atoms with van der Waals surface area (Å²) < 4.78 is 46.3. The van der Waals surface area contributed by atoms with Crippen molar-refractivity contribution >= 4 is 0 Å². The van der Waals surface area contributed by atoms with Crippen LogP contribution >= 0.6 is 0 Å². The first-order valence-electron chi connectivity index (χ1n) is 2.44. The molecule has 0 aliphatic carbocycles. The van der Waals surface area contributed by atoms with E-state index < -0.39 is 17.6 Å². The minimum Gasteiger partial charge on any atom is -0.208 e. The summed E-state index contributed by atoms with van der Waals surface area (Å²) in [5, 5.41) is 0. The van der Waals surface area contributed by atoms with Gasteiger partial charge in [0.1, 0.15) is 5.83 Å². The molecule has 10 heavy (non-hydrogen) atoms. The monoisotopic (exact) mass is 154 g/mol. The van der Waals surface area contributed by atoms with Crippen LogP contribution in [0.3, 0.4) is 0 Å². The zero-order valence-corrected chi connectivity index (χ0v) is 5.30. The smallest absolute Gasteiger partial charge is 0.208 e. The summed E-state index contributed by atoms with van der Waals surface area (Å²) in [6.07, 6.45) is -4.10. The fourth-order valence-corrected chi connectivity index (χ4v) is 0.317. The lowest BCUT2D eigenvalue weighted by Gasteiger charge is -2.04. The highest BCUT2D eigenvalue weighted by Gasteiger charge is 2.29. The van der Waals surface area contributed by atoms with Gasteiger partial charge in [-0.15, -0.1) is 0 Å². The van der Waals surface area contributed by atoms with Crippen LogP contribution in [0.4, 0.5) is 17.6 Å². The minimum absolute atomic E-state index is 0.347. The lowest BCUT2D eigenvalue weighted by Crippen LogP contribution is -2.08. The van der Waals surface area contributed by atoms with Crippen molar-refractivity contribution in [2.45, 2.75) is 13.1 Å². The lowest BCUT2D eigenvalue weighted by atomic mass is 10.3. The second kappa shape index (κ2) is 2.86. The first kappa shape index (κ1) is 9.20. The summed E-state index contributed by atoms with van der Waals surface area (Å²) in [5.74, 6) is -1.09. The number of alkyl halides is 3. The number of hydrogen-bond donors (Lipinski definition) is 0. The van der Waals surface area contributed by atoms with Crippen molar-refractivity contribution in [2.75, 3.05) is 0 Å². The number of halogens is 4. The van der Waals surface area contributed by atoms with Gasteiger partial charge in [-0.25, -0.2) is 4.39 Å². The van der Waals surface area contributed by atoms with E-state index in [-0.39, 0.29) is 0 Å². The zero-order valence-electron chi connectivity index (χ0n) is 5.30. The van der Waals surface area contributed by atoms with Gasteiger partial charge in [-0.2, -0.15) is 13.2 Å². The highest BCUT2D eigenvalue weighted by atomic mass is 19.4. The normalized spacial score (nSPS) is 13.5. The Morgan fingerprint density at radius 1 is 1.40 bits per heavy atom. The maximum Gasteiger partial charge on any atom is 0.412 e. The summed E-state index contributed by atoms with van der Waals surface area (Å²) in [6, 6.07) is 0. The molecule has 0 bridgehead atoms. The SMILES string of the molecule is C=C(F)C=C(C)C(F)(F)F. The van der Waals surface area contributed by atoms with E-state index in [0.717, 1.165) is 6.92 Å². The van der Waals surface area contributed by atoms with E-state index in [4.69, 9.17) is 0 Å². The molecule has 0 aliphatic heterocycles. The van der Waals surface area contributed by atoms with E-state index in [1.54, 1.807) is 0 Å². The summed E-state index contributed by atoms with van der Waals surface area (Å²) in [6.45, 7) is 3.45. The number of rotatable bonds is 1. The zero-order chi connectivity index (χ0) is 8.36. The van der Waals surface area contributed by atoms with Crippen molar-refractivity contribution in [2.24, 2.45) is 0 Å². The van der Waals surface area contributed by atoms with Gasteiger partial charge in [0.25, 0.3) is 0 Å². The molecule has 4 heteroatoms. The second-order valence-corrected chi connectivity index (χ2v) is 1.77. The van der Waals surface area contributed by atoms with Gasteiger partial charge < -0.3 is 0 Å². The molecular formula is C6H6F4.